The molecule has 0 saturated carbocycles. The lowest BCUT2D eigenvalue weighted by molar-refractivity contribution is 0.467. The van der Waals surface area contributed by atoms with Crippen LogP contribution in [0.15, 0.2) is 73.1 Å². The monoisotopic (exact) mass is 399 g/mol. The topological polar surface area (TPSA) is 103 Å². The predicted octanol–water partition coefficient (Wildman–Crippen LogP) is 3.32. The number of nitrogens with two attached hydrogens (primary N) is 1. The number of nitrogens with zero attached hydrogens (tertiary/aromatic N) is 3. The van der Waals surface area contributed by atoms with Crippen LogP contribution in [0.4, 0.5) is 17.5 Å². The molecule has 152 valence electrons. The largest absolute Gasteiger partial charge is 0.404 e. The van der Waals surface area contributed by atoms with Crippen molar-refractivity contribution < 1.29 is 0 Å². The molecule has 3 aromatic rings. The molecule has 1 fully saturated rings. The van der Waals surface area contributed by atoms with Crippen molar-refractivity contribution in [2.45, 2.75) is 6.04 Å². The van der Waals surface area contributed by atoms with Crippen LogP contribution in [-0.2, 0) is 0 Å². The number of allylic oxidation sites excluding steroid dienone is 1. The molecule has 1 atom stereocenters. The van der Waals surface area contributed by atoms with E-state index >= 15 is 0 Å². The van der Waals surface area contributed by atoms with Gasteiger partial charge in [0, 0.05) is 55.5 Å². The van der Waals surface area contributed by atoms with Crippen LogP contribution in [0.2, 0.25) is 0 Å². The Bertz CT molecular complexity index is 1020. The second-order valence-corrected chi connectivity index (χ2v) is 7.07. The number of hydrogen-bond acceptors (Lipinski definition) is 7. The number of piperazine rings is 1. The van der Waals surface area contributed by atoms with Crippen LogP contribution in [0.3, 0.4) is 0 Å². The number of benzene rings is 2. The summed E-state index contributed by atoms with van der Waals surface area (Å²) in [5.74, 6) is 1.46. The molecule has 0 aliphatic carbocycles. The number of anilines is 3. The summed E-state index contributed by atoms with van der Waals surface area (Å²) < 4.78 is 0. The van der Waals surface area contributed by atoms with E-state index in [9.17, 15) is 0 Å². The van der Waals surface area contributed by atoms with Crippen molar-refractivity contribution in [2.24, 2.45) is 5.73 Å². The Morgan fingerprint density at radius 3 is 2.67 bits per heavy atom. The van der Waals surface area contributed by atoms with Gasteiger partial charge in [-0.1, -0.05) is 42.5 Å². The number of rotatable bonds is 6. The predicted molar refractivity (Wildman–Crippen MR) is 122 cm³/mol. The van der Waals surface area contributed by atoms with E-state index in [-0.39, 0.29) is 6.04 Å². The van der Waals surface area contributed by atoms with Crippen LogP contribution in [0.25, 0.3) is 5.57 Å². The second kappa shape index (κ2) is 9.19. The van der Waals surface area contributed by atoms with Gasteiger partial charge in [0.05, 0.1) is 0 Å². The smallest absolute Gasteiger partial charge is 0.227 e. The maximum Gasteiger partial charge on any atom is 0.227 e. The van der Waals surface area contributed by atoms with Crippen molar-refractivity contribution in [1.29, 1.82) is 5.41 Å². The van der Waals surface area contributed by atoms with Gasteiger partial charge in [-0.05, 0) is 29.3 Å². The van der Waals surface area contributed by atoms with Gasteiger partial charge in [-0.25, -0.2) is 4.98 Å². The van der Waals surface area contributed by atoms with E-state index in [2.05, 4.69) is 44.8 Å². The molecule has 1 saturated heterocycles. The average molecular weight is 400 g/mol. The summed E-state index contributed by atoms with van der Waals surface area (Å²) >= 11 is 0. The molecule has 0 spiro atoms. The van der Waals surface area contributed by atoms with Crippen molar-refractivity contribution in [1.82, 2.24) is 15.3 Å². The van der Waals surface area contributed by atoms with Gasteiger partial charge in [0.1, 0.15) is 5.82 Å². The summed E-state index contributed by atoms with van der Waals surface area (Å²) in [7, 11) is 0. The molecule has 7 nitrogen and oxygen atoms in total. The summed E-state index contributed by atoms with van der Waals surface area (Å²) in [5.41, 5.74) is 9.31. The fourth-order valence-corrected chi connectivity index (χ4v) is 3.53. The fourth-order valence-electron chi connectivity index (χ4n) is 3.53. The fraction of sp³-hybridized carbons (Fsp3) is 0.174. The van der Waals surface area contributed by atoms with E-state index in [1.807, 2.05) is 36.4 Å². The van der Waals surface area contributed by atoms with Crippen molar-refractivity contribution in [2.75, 3.05) is 29.9 Å². The van der Waals surface area contributed by atoms with Crippen LogP contribution in [0.1, 0.15) is 17.2 Å². The highest BCUT2D eigenvalue weighted by atomic mass is 15.3. The van der Waals surface area contributed by atoms with Gasteiger partial charge < -0.3 is 26.7 Å². The molecule has 4 rings (SSSR count). The summed E-state index contributed by atoms with van der Waals surface area (Å²) in [6.07, 6.45) is 4.46. The van der Waals surface area contributed by atoms with Gasteiger partial charge >= 0.3 is 0 Å². The van der Waals surface area contributed by atoms with Gasteiger partial charge in [0.2, 0.25) is 5.95 Å². The van der Waals surface area contributed by atoms with Gasteiger partial charge in [-0.15, -0.1) is 0 Å². The Balaban J connectivity index is 1.47. The van der Waals surface area contributed by atoms with Gasteiger partial charge in [-0.2, -0.15) is 4.98 Å². The minimum Gasteiger partial charge on any atom is -0.404 e. The average Bonchev–Trinajstić information content (AvgIpc) is 2.82. The Labute approximate surface area is 176 Å². The van der Waals surface area contributed by atoms with Gasteiger partial charge in [-0.3, -0.25) is 0 Å². The molecule has 0 bridgehead atoms. The number of aromatic nitrogens is 2. The van der Waals surface area contributed by atoms with E-state index in [0.717, 1.165) is 42.7 Å². The lowest BCUT2D eigenvalue weighted by atomic mass is 10.1. The van der Waals surface area contributed by atoms with Crippen molar-refractivity contribution >= 4 is 29.2 Å². The molecule has 2 aromatic carbocycles. The van der Waals surface area contributed by atoms with Crippen LogP contribution in [0.5, 0.6) is 0 Å². The third-order valence-corrected chi connectivity index (χ3v) is 5.13. The first-order valence-corrected chi connectivity index (χ1v) is 9.93. The lowest BCUT2D eigenvalue weighted by Crippen LogP contribution is -2.46. The number of hydrogen-bond donors (Lipinski definition) is 4. The van der Waals surface area contributed by atoms with Crippen LogP contribution in [-0.4, -0.2) is 35.8 Å². The second-order valence-electron chi connectivity index (χ2n) is 7.07. The highest BCUT2D eigenvalue weighted by Gasteiger charge is 2.22. The van der Waals surface area contributed by atoms with E-state index in [0.29, 0.717) is 5.57 Å². The van der Waals surface area contributed by atoms with E-state index in [4.69, 9.17) is 16.1 Å². The van der Waals surface area contributed by atoms with Crippen LogP contribution < -0.4 is 21.3 Å². The molecule has 1 unspecified atom stereocenters. The zero-order valence-corrected chi connectivity index (χ0v) is 16.6. The standard InChI is InChI=1S/C23H25N7/c24-14-19(15-25)17-6-8-20(9-7-17)28-22-10-11-27-23(29-22)30-13-12-26-21(16-30)18-4-2-1-3-5-18/h1-11,14-15,21,24,26H,12-13,16,25H2,(H,27,28,29)/b19-15+,24-14?. The zero-order chi connectivity index (χ0) is 20.8. The summed E-state index contributed by atoms with van der Waals surface area (Å²) in [5, 5.41) is 14.3. The van der Waals surface area contributed by atoms with E-state index < -0.39 is 0 Å². The Kier molecular flexibility index (Phi) is 6.01. The summed E-state index contributed by atoms with van der Waals surface area (Å²) in [6, 6.07) is 20.3. The minimum atomic E-state index is 0.256. The molecule has 1 aliphatic heterocycles. The molecule has 5 N–H and O–H groups in total. The maximum absolute atomic E-state index is 7.41. The van der Waals surface area contributed by atoms with Crippen LogP contribution in [0, 0.1) is 5.41 Å². The lowest BCUT2D eigenvalue weighted by Gasteiger charge is -2.34. The van der Waals surface area contributed by atoms with Crippen LogP contribution >= 0.6 is 0 Å². The van der Waals surface area contributed by atoms with E-state index in [1.165, 1.54) is 18.0 Å². The Morgan fingerprint density at radius 2 is 1.93 bits per heavy atom. The SMILES string of the molecule is N=C/C(=C\N)c1ccc(Nc2ccnc(N3CCNC(c4ccccc4)C3)n2)cc1. The maximum atomic E-state index is 7.41. The van der Waals surface area contributed by atoms with Gasteiger partial charge in [0.25, 0.3) is 0 Å². The minimum absolute atomic E-state index is 0.256. The third kappa shape index (κ3) is 4.47. The van der Waals surface area contributed by atoms with Crippen molar-refractivity contribution in [3.8, 4) is 0 Å². The Morgan fingerprint density at radius 1 is 1.13 bits per heavy atom. The first-order chi connectivity index (χ1) is 14.8. The molecule has 1 aromatic heterocycles. The molecule has 30 heavy (non-hydrogen) atoms. The molecule has 0 amide bonds. The number of nitrogens with one attached hydrogen (secondary N) is 3. The molecule has 0 radical (unpaired) electrons. The third-order valence-electron chi connectivity index (χ3n) is 5.13. The molecular weight excluding hydrogens is 374 g/mol. The molecule has 1 aliphatic rings. The normalized spacial score (nSPS) is 16.9. The first kappa shape index (κ1) is 19.6. The molecule has 2 heterocycles. The summed E-state index contributed by atoms with van der Waals surface area (Å²) in [6.45, 7) is 2.56. The van der Waals surface area contributed by atoms with E-state index in [1.54, 1.807) is 6.20 Å². The van der Waals surface area contributed by atoms with Gasteiger partial charge in [0.15, 0.2) is 0 Å². The quantitative estimate of drug-likeness (QED) is 0.474. The highest BCUT2D eigenvalue weighted by Crippen LogP contribution is 2.22. The van der Waals surface area contributed by atoms with Crippen molar-refractivity contribution in [3.63, 3.8) is 0 Å². The zero-order valence-electron chi connectivity index (χ0n) is 16.6. The summed E-state index contributed by atoms with van der Waals surface area (Å²) in [4.78, 5) is 11.4. The first-order valence-electron chi connectivity index (χ1n) is 9.93. The molecular formula is C23H25N7. The Hall–Kier alpha value is -3.71. The van der Waals surface area contributed by atoms with Crippen molar-refractivity contribution in [3.05, 3.63) is 84.2 Å². The molecule has 7 heteroatoms. The highest BCUT2D eigenvalue weighted by molar-refractivity contribution is 6.08.